The molecular formula is C36H36N6O9S2. The number of aromatic hydroxyl groups is 2. The van der Waals surface area contributed by atoms with E-state index in [9.17, 15) is 44.1 Å². The van der Waals surface area contributed by atoms with Gasteiger partial charge in [-0.05, 0) is 60.4 Å². The Kier molecular flexibility index (Phi) is 10.7. The van der Waals surface area contributed by atoms with Crippen molar-refractivity contribution in [3.8, 4) is 11.5 Å². The minimum atomic E-state index is -1.41. The Bertz CT molecular complexity index is 2000. The van der Waals surface area contributed by atoms with Crippen LogP contribution in [0.4, 0.5) is 0 Å². The fraction of sp³-hybridized carbons (Fsp3) is 0.278. The van der Waals surface area contributed by atoms with E-state index in [0.717, 1.165) is 4.90 Å². The Balaban J connectivity index is 1.22. The second-order valence-electron chi connectivity index (χ2n) is 12.4. The standard InChI is InChI=1S/C36H36N6O9S2/c1-3-5-19-15-52-34-25(39-29(45)23(37)17-7-11-21(43)12-8-17)32(48)41(34)27(19)31(47)38-24(18-9-13-22(44)14-10-18)30(46)40-26-33(49)42-28(36(50)51)20(6-4-2)16-53-35(26)42/h3-14,23-26,34-35,43-44H,15-16,37H2,1-2H3,(H,38,47)(H,39,45)(H,40,46)(H,50,51)/b5-3+,6-4+/t23-,24-,25-,26-,34?,35?/m1/s1. The molecule has 15 nitrogen and oxygen atoms in total. The molecule has 17 heteroatoms. The summed E-state index contributed by atoms with van der Waals surface area (Å²) in [5.74, 6) is -4.17. The summed E-state index contributed by atoms with van der Waals surface area (Å²) >= 11 is 2.62. The van der Waals surface area contributed by atoms with E-state index in [1.807, 2.05) is 0 Å². The van der Waals surface area contributed by atoms with Gasteiger partial charge in [0.15, 0.2) is 0 Å². The largest absolute Gasteiger partial charge is 0.508 e. The summed E-state index contributed by atoms with van der Waals surface area (Å²) in [6.45, 7) is 3.48. The average molecular weight is 761 g/mol. The van der Waals surface area contributed by atoms with Crippen molar-refractivity contribution >= 4 is 59.0 Å². The van der Waals surface area contributed by atoms with Gasteiger partial charge < -0.3 is 37.0 Å². The highest BCUT2D eigenvalue weighted by Gasteiger charge is 2.56. The van der Waals surface area contributed by atoms with Gasteiger partial charge in [-0.25, -0.2) is 4.79 Å². The van der Waals surface area contributed by atoms with Crippen molar-refractivity contribution in [1.82, 2.24) is 25.8 Å². The molecule has 2 unspecified atom stereocenters. The molecule has 0 saturated carbocycles. The minimum Gasteiger partial charge on any atom is -0.508 e. The van der Waals surface area contributed by atoms with Crippen LogP contribution in [0, 0.1) is 0 Å². The van der Waals surface area contributed by atoms with E-state index in [0.29, 0.717) is 22.5 Å². The predicted octanol–water partition coefficient (Wildman–Crippen LogP) is 1.50. The number of β-lactam (4-membered cyclic amide) rings is 2. The lowest BCUT2D eigenvalue weighted by Crippen LogP contribution is -2.72. The van der Waals surface area contributed by atoms with Crippen LogP contribution in [0.15, 0.2) is 95.4 Å². The van der Waals surface area contributed by atoms with Gasteiger partial charge in [0.05, 0.1) is 0 Å². The lowest BCUT2D eigenvalue weighted by Gasteiger charge is -2.50. The molecule has 4 aliphatic heterocycles. The van der Waals surface area contributed by atoms with Gasteiger partial charge >= 0.3 is 5.97 Å². The lowest BCUT2D eigenvalue weighted by atomic mass is 9.99. The molecule has 2 saturated heterocycles. The normalized spacial score (nSPS) is 23.5. The highest BCUT2D eigenvalue weighted by molar-refractivity contribution is 8.00. The quantitative estimate of drug-likeness (QED) is 0.162. The zero-order valence-electron chi connectivity index (χ0n) is 28.4. The summed E-state index contributed by atoms with van der Waals surface area (Å²) in [6, 6.07) is 6.66. The number of benzene rings is 2. The first-order valence-corrected chi connectivity index (χ1v) is 18.5. The Morgan fingerprint density at radius 1 is 0.755 bits per heavy atom. The number of amides is 5. The topological polar surface area (TPSA) is 232 Å². The summed E-state index contributed by atoms with van der Waals surface area (Å²) < 4.78 is 0. The van der Waals surface area contributed by atoms with Crippen molar-refractivity contribution < 1.29 is 44.1 Å². The number of hydrogen-bond acceptors (Lipinski definition) is 11. The van der Waals surface area contributed by atoms with Crippen LogP contribution in [-0.4, -0.2) is 95.0 Å². The highest BCUT2D eigenvalue weighted by Crippen LogP contribution is 2.42. The van der Waals surface area contributed by atoms with Crippen LogP contribution in [0.2, 0.25) is 0 Å². The number of phenolic OH excluding ortho intramolecular Hbond substituents is 2. The number of thioether (sulfide) groups is 2. The van der Waals surface area contributed by atoms with Crippen molar-refractivity contribution in [3.63, 3.8) is 0 Å². The zero-order chi connectivity index (χ0) is 38.1. The maximum atomic E-state index is 14.2. The molecule has 2 aromatic rings. The van der Waals surface area contributed by atoms with E-state index in [1.165, 1.54) is 77.0 Å². The van der Waals surface area contributed by atoms with Crippen LogP contribution in [-0.2, 0) is 28.8 Å². The van der Waals surface area contributed by atoms with Gasteiger partial charge in [-0.15, -0.1) is 23.5 Å². The first kappa shape index (κ1) is 37.2. The van der Waals surface area contributed by atoms with Gasteiger partial charge in [-0.1, -0.05) is 48.6 Å². The SMILES string of the molecule is C/C=C/C1=C(C(=O)O)N2C(=O)[C@@H](NC(=O)[C@H](NC(=O)C3=C(/C=C/C)CSC4[C@H](NC(=O)[C@H](N)c5ccc(O)cc5)C(=O)N34)c3ccc(O)cc3)C2SC1. The summed E-state index contributed by atoms with van der Waals surface area (Å²) in [4.78, 5) is 82.6. The van der Waals surface area contributed by atoms with E-state index in [2.05, 4.69) is 16.0 Å². The molecule has 276 valence electrons. The number of fused-ring (bicyclic) bond motifs is 2. The van der Waals surface area contributed by atoms with Crippen molar-refractivity contribution in [2.45, 2.75) is 48.8 Å². The summed E-state index contributed by atoms with van der Waals surface area (Å²) in [5.41, 5.74) is 7.58. The van der Waals surface area contributed by atoms with Crippen LogP contribution in [0.1, 0.15) is 37.1 Å². The van der Waals surface area contributed by atoms with Gasteiger partial charge in [0, 0.05) is 11.5 Å². The van der Waals surface area contributed by atoms with Crippen molar-refractivity contribution in [1.29, 1.82) is 0 Å². The number of nitrogens with zero attached hydrogens (tertiary/aromatic N) is 2. The fourth-order valence-corrected chi connectivity index (χ4v) is 9.08. The van der Waals surface area contributed by atoms with Gasteiger partial charge in [0.2, 0.25) is 11.8 Å². The molecule has 0 aromatic heterocycles. The number of phenols is 2. The number of allylic oxidation sites excluding steroid dienone is 4. The number of rotatable bonds is 11. The lowest BCUT2D eigenvalue weighted by molar-refractivity contribution is -0.151. The van der Waals surface area contributed by atoms with Crippen molar-refractivity contribution in [2.75, 3.05) is 11.5 Å². The van der Waals surface area contributed by atoms with Crippen LogP contribution in [0.25, 0.3) is 0 Å². The molecule has 2 aromatic carbocycles. The predicted molar refractivity (Wildman–Crippen MR) is 195 cm³/mol. The summed E-state index contributed by atoms with van der Waals surface area (Å²) in [6.07, 6.45) is 6.67. The molecule has 2 fully saturated rings. The molecule has 5 amide bonds. The smallest absolute Gasteiger partial charge is 0.352 e. The number of carbonyl (C=O) groups excluding carboxylic acids is 5. The molecule has 4 heterocycles. The number of hydrogen-bond donors (Lipinski definition) is 7. The molecule has 0 radical (unpaired) electrons. The van der Waals surface area contributed by atoms with E-state index in [1.54, 1.807) is 38.2 Å². The van der Waals surface area contributed by atoms with E-state index >= 15 is 0 Å². The number of nitrogens with two attached hydrogens (primary N) is 1. The van der Waals surface area contributed by atoms with E-state index < -0.39 is 70.4 Å². The van der Waals surface area contributed by atoms with Crippen LogP contribution in [0.5, 0.6) is 11.5 Å². The third-order valence-electron chi connectivity index (χ3n) is 9.04. The molecular weight excluding hydrogens is 725 g/mol. The molecule has 0 bridgehead atoms. The first-order valence-electron chi connectivity index (χ1n) is 16.5. The van der Waals surface area contributed by atoms with E-state index in [4.69, 9.17) is 5.73 Å². The van der Waals surface area contributed by atoms with Crippen LogP contribution in [0.3, 0.4) is 0 Å². The Morgan fingerprint density at radius 2 is 1.21 bits per heavy atom. The summed E-state index contributed by atoms with van der Waals surface area (Å²) in [7, 11) is 0. The first-order chi connectivity index (χ1) is 25.4. The fourth-order valence-electron chi connectivity index (χ4n) is 6.44. The van der Waals surface area contributed by atoms with Gasteiger partial charge in [0.1, 0.15) is 57.8 Å². The third kappa shape index (κ3) is 7.02. The Labute approximate surface area is 312 Å². The summed E-state index contributed by atoms with van der Waals surface area (Å²) in [5, 5.41) is 36.1. The maximum Gasteiger partial charge on any atom is 0.352 e. The number of aliphatic carboxylic acids is 1. The number of nitrogens with one attached hydrogen (secondary N) is 3. The second kappa shape index (κ2) is 15.2. The highest BCUT2D eigenvalue weighted by atomic mass is 32.2. The van der Waals surface area contributed by atoms with Crippen molar-refractivity contribution in [3.05, 3.63) is 107 Å². The van der Waals surface area contributed by atoms with Gasteiger partial charge in [0.25, 0.3) is 17.7 Å². The Morgan fingerprint density at radius 3 is 1.70 bits per heavy atom. The Hall–Kier alpha value is -5.52. The van der Waals surface area contributed by atoms with Gasteiger partial charge in [-0.2, -0.15) is 0 Å². The molecule has 0 aliphatic carbocycles. The number of carboxylic acid groups (broad SMARTS) is 1. The average Bonchev–Trinajstić information content (AvgIpc) is 3.14. The monoisotopic (exact) mass is 760 g/mol. The van der Waals surface area contributed by atoms with Crippen LogP contribution < -0.4 is 21.7 Å². The minimum absolute atomic E-state index is 0.00125. The number of carboxylic acids is 1. The maximum absolute atomic E-state index is 14.2. The van der Waals surface area contributed by atoms with Gasteiger partial charge in [-0.3, -0.25) is 33.8 Å². The van der Waals surface area contributed by atoms with E-state index in [-0.39, 0.29) is 34.2 Å². The second-order valence-corrected chi connectivity index (χ2v) is 14.6. The molecule has 4 aliphatic rings. The molecule has 0 spiro atoms. The van der Waals surface area contributed by atoms with Crippen LogP contribution >= 0.6 is 23.5 Å². The molecule has 6 rings (SSSR count). The van der Waals surface area contributed by atoms with Crippen molar-refractivity contribution in [2.24, 2.45) is 5.73 Å². The third-order valence-corrected chi connectivity index (χ3v) is 11.6. The zero-order valence-corrected chi connectivity index (χ0v) is 30.0. The molecule has 8 N–H and O–H groups in total. The molecule has 53 heavy (non-hydrogen) atoms. The molecule has 6 atom stereocenters. The number of carbonyl (C=O) groups is 6.